The van der Waals surface area contributed by atoms with Gasteiger partial charge in [-0.2, -0.15) is 0 Å². The summed E-state index contributed by atoms with van der Waals surface area (Å²) in [6.45, 7) is -1.60. The van der Waals surface area contributed by atoms with Crippen molar-refractivity contribution in [1.29, 1.82) is 0 Å². The van der Waals surface area contributed by atoms with Gasteiger partial charge in [0, 0.05) is 6.07 Å². The zero-order valence-electron chi connectivity index (χ0n) is 18.4. The molecule has 36 heavy (non-hydrogen) atoms. The van der Waals surface area contributed by atoms with Crippen molar-refractivity contribution in [2.45, 2.75) is 61.2 Å². The molecule has 15 heteroatoms. The Labute approximate surface area is 201 Å². The maximum Gasteiger partial charge on any atom is 0.336 e. The normalized spacial score (nSPS) is 37.2. The quantitative estimate of drug-likeness (QED) is 0.169. The highest BCUT2D eigenvalue weighted by Gasteiger charge is 2.48. The molecule has 4 rings (SSSR count). The highest BCUT2D eigenvalue weighted by molar-refractivity contribution is 5.92. The van der Waals surface area contributed by atoms with E-state index in [0.29, 0.717) is 0 Å². The maximum absolute atomic E-state index is 11.9. The van der Waals surface area contributed by atoms with Crippen LogP contribution in [0, 0.1) is 0 Å². The summed E-state index contributed by atoms with van der Waals surface area (Å²) in [5.74, 6) is -2.54. The summed E-state index contributed by atoms with van der Waals surface area (Å²) >= 11 is 0. The van der Waals surface area contributed by atoms with Gasteiger partial charge < -0.3 is 69.7 Å². The summed E-state index contributed by atoms with van der Waals surface area (Å²) < 4.78 is 21.2. The Hall–Kier alpha value is -2.57. The van der Waals surface area contributed by atoms with E-state index in [1.54, 1.807) is 0 Å². The van der Waals surface area contributed by atoms with Crippen molar-refractivity contribution < 1.29 is 69.7 Å². The Kier molecular flexibility index (Phi) is 7.40. The number of aliphatic hydroxyl groups excluding tert-OH is 8. The minimum atomic E-state index is -1.94. The van der Waals surface area contributed by atoms with Crippen LogP contribution >= 0.6 is 0 Å². The SMILES string of the molecule is O=c1ccc2c(O)c([C@@H]3O[C@H](CO)[C@@H](O)[C@H](O)[C@@H]3O)c(O)c(O[C@H]3O[C@@H](CO)[C@H](O)[C@@H](O)[C@@H]3O)c2o1. The summed E-state index contributed by atoms with van der Waals surface area (Å²) in [5, 5.41) is 102. The van der Waals surface area contributed by atoms with E-state index >= 15 is 0 Å². The second-order valence-corrected chi connectivity index (χ2v) is 8.50. The van der Waals surface area contributed by atoms with Crippen LogP contribution in [0.4, 0.5) is 0 Å². The molecule has 0 unspecified atom stereocenters. The van der Waals surface area contributed by atoms with Crippen LogP contribution in [-0.4, -0.2) is 119 Å². The molecule has 0 radical (unpaired) electrons. The smallest absolute Gasteiger partial charge is 0.336 e. The van der Waals surface area contributed by atoms with Crippen LogP contribution in [0.2, 0.25) is 0 Å². The third-order valence-electron chi connectivity index (χ3n) is 6.28. The van der Waals surface area contributed by atoms with Crippen molar-refractivity contribution >= 4 is 11.0 Å². The van der Waals surface area contributed by atoms with E-state index in [2.05, 4.69) is 0 Å². The minimum absolute atomic E-state index is 0.265. The Morgan fingerprint density at radius 1 is 0.750 bits per heavy atom. The van der Waals surface area contributed by atoms with Crippen LogP contribution in [0.15, 0.2) is 21.3 Å². The summed E-state index contributed by atoms with van der Waals surface area (Å²) in [7, 11) is 0. The molecule has 0 spiro atoms. The molecule has 2 aliphatic heterocycles. The molecule has 15 nitrogen and oxygen atoms in total. The van der Waals surface area contributed by atoms with Gasteiger partial charge in [0.15, 0.2) is 11.3 Å². The Morgan fingerprint density at radius 3 is 1.94 bits per heavy atom. The average Bonchev–Trinajstić information content (AvgIpc) is 2.86. The monoisotopic (exact) mass is 518 g/mol. The fourth-order valence-corrected chi connectivity index (χ4v) is 4.26. The van der Waals surface area contributed by atoms with Gasteiger partial charge in [-0.3, -0.25) is 0 Å². The third-order valence-corrected chi connectivity index (χ3v) is 6.28. The lowest BCUT2D eigenvalue weighted by Gasteiger charge is -2.41. The second kappa shape index (κ2) is 10.1. The van der Waals surface area contributed by atoms with E-state index in [9.17, 15) is 55.9 Å². The number of hydrogen-bond donors (Lipinski definition) is 10. The minimum Gasteiger partial charge on any atom is -0.507 e. The van der Waals surface area contributed by atoms with Crippen LogP contribution in [-0.2, 0) is 9.47 Å². The molecular formula is C21H26O15. The van der Waals surface area contributed by atoms with E-state index in [-0.39, 0.29) is 5.39 Å². The molecule has 3 heterocycles. The second-order valence-electron chi connectivity index (χ2n) is 8.50. The number of aromatic hydroxyl groups is 2. The van der Waals surface area contributed by atoms with Crippen LogP contribution in [0.3, 0.4) is 0 Å². The first-order valence-electron chi connectivity index (χ1n) is 10.8. The van der Waals surface area contributed by atoms with Gasteiger partial charge in [0.2, 0.25) is 12.0 Å². The zero-order valence-corrected chi connectivity index (χ0v) is 18.4. The van der Waals surface area contributed by atoms with Gasteiger partial charge in [0.05, 0.1) is 24.2 Å². The zero-order chi connectivity index (χ0) is 26.5. The van der Waals surface area contributed by atoms with Crippen LogP contribution in [0.1, 0.15) is 11.7 Å². The predicted molar refractivity (Wildman–Crippen MR) is 113 cm³/mol. The molecule has 0 saturated carbocycles. The van der Waals surface area contributed by atoms with E-state index in [1.807, 2.05) is 0 Å². The molecule has 10 atom stereocenters. The molecule has 0 amide bonds. The maximum atomic E-state index is 11.9. The summed E-state index contributed by atoms with van der Waals surface area (Å²) in [6, 6.07) is 1.98. The van der Waals surface area contributed by atoms with Gasteiger partial charge in [-0.1, -0.05) is 0 Å². The molecule has 2 fully saturated rings. The Morgan fingerprint density at radius 2 is 1.33 bits per heavy atom. The fraction of sp³-hybridized carbons (Fsp3) is 0.571. The molecule has 2 aromatic rings. The average molecular weight is 518 g/mol. The van der Waals surface area contributed by atoms with Crippen molar-refractivity contribution in [3.63, 3.8) is 0 Å². The van der Waals surface area contributed by atoms with Crippen molar-refractivity contribution in [2.75, 3.05) is 13.2 Å². The summed E-state index contributed by atoms with van der Waals surface area (Å²) in [6.07, 6.45) is -17.5. The van der Waals surface area contributed by atoms with Gasteiger partial charge in [-0.25, -0.2) is 4.79 Å². The molecule has 0 aliphatic carbocycles. The first-order chi connectivity index (χ1) is 17.0. The van der Waals surface area contributed by atoms with Crippen molar-refractivity contribution in [3.8, 4) is 17.2 Å². The summed E-state index contributed by atoms with van der Waals surface area (Å²) in [4.78, 5) is 11.9. The molecule has 1 aromatic carbocycles. The number of phenolic OH excluding ortho intramolecular Hbond substituents is 2. The van der Waals surface area contributed by atoms with Gasteiger partial charge in [0.25, 0.3) is 0 Å². The number of hydrogen-bond acceptors (Lipinski definition) is 15. The lowest BCUT2D eigenvalue weighted by atomic mass is 9.89. The molecule has 2 saturated heterocycles. The van der Waals surface area contributed by atoms with Gasteiger partial charge in [-0.05, 0) is 6.07 Å². The Bertz CT molecular complexity index is 1150. The van der Waals surface area contributed by atoms with Crippen molar-refractivity contribution in [3.05, 3.63) is 28.1 Å². The molecule has 1 aromatic heterocycles. The topological polar surface area (TPSA) is 260 Å². The van der Waals surface area contributed by atoms with Gasteiger partial charge in [-0.15, -0.1) is 0 Å². The lowest BCUT2D eigenvalue weighted by Crippen LogP contribution is -2.60. The van der Waals surface area contributed by atoms with E-state index in [4.69, 9.17) is 18.6 Å². The number of benzene rings is 1. The molecule has 0 bridgehead atoms. The number of rotatable bonds is 5. The van der Waals surface area contributed by atoms with E-state index < -0.39 is 108 Å². The highest BCUT2D eigenvalue weighted by atomic mass is 16.7. The van der Waals surface area contributed by atoms with Gasteiger partial charge in [0.1, 0.15) is 60.7 Å². The Balaban J connectivity index is 1.86. The fourth-order valence-electron chi connectivity index (χ4n) is 4.26. The predicted octanol–water partition coefficient (Wildman–Crippen LogP) is -4.10. The number of fused-ring (bicyclic) bond motifs is 1. The van der Waals surface area contributed by atoms with E-state index in [0.717, 1.165) is 12.1 Å². The number of ether oxygens (including phenoxy) is 3. The summed E-state index contributed by atoms with van der Waals surface area (Å²) in [5.41, 5.74) is -2.10. The number of aliphatic hydroxyl groups is 8. The first-order valence-corrected chi connectivity index (χ1v) is 10.8. The first kappa shape index (κ1) is 26.5. The van der Waals surface area contributed by atoms with Crippen molar-refractivity contribution in [2.24, 2.45) is 0 Å². The highest BCUT2D eigenvalue weighted by Crippen LogP contribution is 2.50. The van der Waals surface area contributed by atoms with Crippen LogP contribution in [0.5, 0.6) is 17.2 Å². The molecule has 200 valence electrons. The molecule has 10 N–H and O–H groups in total. The van der Waals surface area contributed by atoms with Crippen LogP contribution < -0.4 is 10.4 Å². The lowest BCUT2D eigenvalue weighted by molar-refractivity contribution is -0.277. The largest absolute Gasteiger partial charge is 0.507 e. The van der Waals surface area contributed by atoms with E-state index in [1.165, 1.54) is 0 Å². The third kappa shape index (κ3) is 4.28. The molecule has 2 aliphatic rings. The van der Waals surface area contributed by atoms with Gasteiger partial charge >= 0.3 is 5.63 Å². The molecular weight excluding hydrogens is 492 g/mol. The van der Waals surface area contributed by atoms with Crippen molar-refractivity contribution in [1.82, 2.24) is 0 Å². The van der Waals surface area contributed by atoms with Crippen LogP contribution in [0.25, 0.3) is 11.0 Å². The standard InChI is InChI=1S/C21H26O15/c22-3-6-11(26)14(29)16(31)19(33-6)9-10(25)5-1-2-8(24)35-18(5)20(13(9)28)36-21-17(32)15(30)12(27)7(4-23)34-21/h1-2,6-7,11-12,14-17,19,21-23,25-32H,3-4H2/t6-,7+,11-,12+,14+,15-,16+,17+,19+,21-/m1/s1. The number of phenols is 2.